The lowest BCUT2D eigenvalue weighted by molar-refractivity contribution is 0.103. The van der Waals surface area contributed by atoms with Crippen molar-refractivity contribution in [3.63, 3.8) is 0 Å². The van der Waals surface area contributed by atoms with Gasteiger partial charge in [0.2, 0.25) is 23.8 Å². The molecule has 10 aromatic carbocycles. The van der Waals surface area contributed by atoms with Crippen LogP contribution in [0.4, 0.5) is 46.5 Å². The highest BCUT2D eigenvalue weighted by molar-refractivity contribution is 7.15. The van der Waals surface area contributed by atoms with Gasteiger partial charge in [-0.1, -0.05) is 135 Å². The Morgan fingerprint density at radius 1 is 0.297 bits per heavy atom. The first-order valence-electron chi connectivity index (χ1n) is 31.9. The first-order chi connectivity index (χ1) is 49.4. The van der Waals surface area contributed by atoms with E-state index in [9.17, 15) is 19.2 Å². The van der Waals surface area contributed by atoms with Crippen LogP contribution in [0.15, 0.2) is 194 Å². The zero-order valence-corrected chi connectivity index (χ0v) is 55.8. The van der Waals surface area contributed by atoms with Gasteiger partial charge in [-0.2, -0.15) is 47.4 Å². The van der Waals surface area contributed by atoms with Crippen LogP contribution in [0, 0.1) is 0 Å². The van der Waals surface area contributed by atoms with E-state index in [0.29, 0.717) is 101 Å². The van der Waals surface area contributed by atoms with Crippen LogP contribution < -0.4 is 30.7 Å². The topological polar surface area (TPSA) is 264 Å². The van der Waals surface area contributed by atoms with Crippen molar-refractivity contribution in [3.05, 3.63) is 250 Å². The van der Waals surface area contributed by atoms with Gasteiger partial charge in [-0.15, -0.1) is 0 Å². The average molecular weight is 1390 g/mol. The van der Waals surface area contributed by atoms with Crippen molar-refractivity contribution in [1.82, 2.24) is 47.4 Å². The van der Waals surface area contributed by atoms with Gasteiger partial charge in [0.05, 0.1) is 86.6 Å². The molecule has 0 radical (unpaired) electrons. The molecule has 4 aliphatic rings. The van der Waals surface area contributed by atoms with E-state index in [1.54, 1.807) is 24.3 Å². The summed E-state index contributed by atoms with van der Waals surface area (Å²) in [4.78, 5) is 86.5. The third-order valence-electron chi connectivity index (χ3n) is 18.9. The highest BCUT2D eigenvalue weighted by Gasteiger charge is 2.36. The molecule has 0 atom stereocenters. The molecule has 0 spiro atoms. The van der Waals surface area contributed by atoms with Crippen LogP contribution >= 0.6 is 46.1 Å². The summed E-state index contributed by atoms with van der Waals surface area (Å²) < 4.78 is 35.8. The molecule has 4 N–H and O–H groups in total. The van der Waals surface area contributed by atoms with Crippen LogP contribution in [-0.4, -0.2) is 70.5 Å². The van der Waals surface area contributed by atoms with Crippen molar-refractivity contribution in [2.24, 2.45) is 0 Å². The molecule has 4 aliphatic carbocycles. The Balaban J connectivity index is 0.601. The predicted octanol–water partition coefficient (Wildman–Crippen LogP) is 18.2. The summed E-state index contributed by atoms with van der Waals surface area (Å²) in [5.41, 5.74) is 12.7. The van der Waals surface area contributed by atoms with Gasteiger partial charge >= 0.3 is 12.0 Å². The van der Waals surface area contributed by atoms with Gasteiger partial charge in [-0.05, 0) is 130 Å². The molecule has 20 nitrogen and oxygen atoms in total. The van der Waals surface area contributed by atoms with Crippen LogP contribution in [0.5, 0.6) is 23.5 Å². The van der Waals surface area contributed by atoms with E-state index in [4.69, 9.17) is 56.9 Å². The zero-order chi connectivity index (χ0) is 67.5. The van der Waals surface area contributed by atoms with Gasteiger partial charge in [-0.25, -0.2) is 0 Å². The average Bonchev–Trinajstić information content (AvgIpc) is 1.70. The molecule has 480 valence electrons. The number of nitrogens with zero attached hydrogens (tertiary/aromatic N) is 10. The lowest BCUT2D eigenvalue weighted by atomic mass is 9.78. The normalized spacial score (nSPS) is 12.9. The first-order valence-corrected chi connectivity index (χ1v) is 34.9. The predicted molar refractivity (Wildman–Crippen MR) is 392 cm³/mol. The van der Waals surface area contributed by atoms with E-state index in [-0.39, 0.29) is 58.9 Å². The largest absolute Gasteiger partial charge is 0.424 e. The molecule has 6 aromatic heterocycles. The maximum atomic E-state index is 14.4. The quantitative estimate of drug-likeness (QED) is 0.0788. The number of rotatable bonds is 14. The molecule has 6 heterocycles. The second-order valence-electron chi connectivity index (χ2n) is 25.0. The van der Waals surface area contributed by atoms with E-state index < -0.39 is 5.41 Å². The number of carbonyl (C=O) groups excluding carboxylic acids is 4. The Morgan fingerprint density at radius 3 is 0.812 bits per heavy atom. The number of fused-ring (bicyclic) bond motifs is 8. The van der Waals surface area contributed by atoms with E-state index in [2.05, 4.69) is 35.1 Å². The summed E-state index contributed by atoms with van der Waals surface area (Å²) in [6, 6.07) is 59.8. The molecule has 101 heavy (non-hydrogen) atoms. The van der Waals surface area contributed by atoms with Gasteiger partial charge in [-0.3, -0.25) is 19.2 Å². The highest BCUT2D eigenvalue weighted by atomic mass is 32.1. The van der Waals surface area contributed by atoms with Gasteiger partial charge < -0.3 is 30.7 Å². The Hall–Kier alpha value is -12.7. The van der Waals surface area contributed by atoms with Crippen molar-refractivity contribution >= 4 is 156 Å². The van der Waals surface area contributed by atoms with Crippen molar-refractivity contribution < 1.29 is 28.7 Å². The SMILES string of the molecule is CC(C)(c1ccc(Oc2nc(Nc3cccc4c3C(=O)c3cccc5snc-4c35)nc(Nc3cccc4c3C(=O)c3cccc5snc-4c35)n2)cc1)c1ccc(Oc2nc(Nc3cccc4c3C(=O)c3cccc5snc-4c35)nc(Nc3cccc4c3C(=O)c3cccc5snc-4c35)n2)cc1. The number of anilines is 8. The monoisotopic (exact) mass is 1390 g/mol. The molecular weight excluding hydrogens is 1350 g/mol. The minimum atomic E-state index is -0.567. The van der Waals surface area contributed by atoms with Gasteiger partial charge in [0, 0.05) is 71.5 Å². The Labute approximate surface area is 587 Å². The highest BCUT2D eigenvalue weighted by Crippen LogP contribution is 2.49. The number of nitrogens with one attached hydrogen (secondary N) is 4. The lowest BCUT2D eigenvalue weighted by Crippen LogP contribution is -2.18. The van der Waals surface area contributed by atoms with Gasteiger partial charge in [0.1, 0.15) is 11.5 Å². The first kappa shape index (κ1) is 58.4. The molecule has 0 fully saturated rings. The maximum absolute atomic E-state index is 14.4. The Bertz CT molecular complexity index is 5680. The van der Waals surface area contributed by atoms with Crippen molar-refractivity contribution in [1.29, 1.82) is 0 Å². The van der Waals surface area contributed by atoms with E-state index >= 15 is 0 Å². The fourth-order valence-electron chi connectivity index (χ4n) is 14.2. The number of ether oxygens (including phenoxy) is 2. The van der Waals surface area contributed by atoms with Crippen LogP contribution in [0.2, 0.25) is 0 Å². The van der Waals surface area contributed by atoms with E-state index in [0.717, 1.165) is 74.2 Å². The molecule has 24 heteroatoms. The summed E-state index contributed by atoms with van der Waals surface area (Å²) in [6.45, 7) is 4.22. The lowest BCUT2D eigenvalue weighted by Gasteiger charge is -2.26. The van der Waals surface area contributed by atoms with Crippen LogP contribution in [0.1, 0.15) is 88.7 Å². The minimum absolute atomic E-state index is 0.0627. The third kappa shape index (κ3) is 9.15. The standard InChI is InChI=1S/C77H42N14O6S4/c1-77(2,35-27-31-37(32-28-35)96-75-84-71(78-47-19-3-11-39-55(47)67(92)43-15-7-23-51-59(43)63(39)88-98-51)82-72(85-75)79-48-20-4-12-40-56(48)68(93)44-16-8-24-52-60(44)64(40)89-99-52)36-29-33-38(34-30-36)97-76-86-73(80-49-21-5-13-41-57(49)69(94)45-17-9-25-53-61(45)65(41)90-100-53)83-74(87-76)81-50-22-6-14-42-58(50)70(95)46-18-10-26-54-62(46)66(42)91-101-54/h3-34H,1-2H3,(H2,78,79,82,84,85)(H2,80,81,83,86,87). The molecule has 0 amide bonds. The minimum Gasteiger partial charge on any atom is -0.424 e. The number of aromatic nitrogens is 10. The van der Waals surface area contributed by atoms with Gasteiger partial charge in [0.25, 0.3) is 0 Å². The van der Waals surface area contributed by atoms with Crippen molar-refractivity contribution in [2.75, 3.05) is 21.3 Å². The number of hydrogen-bond acceptors (Lipinski definition) is 24. The summed E-state index contributed by atoms with van der Waals surface area (Å²) in [6.07, 6.45) is 0. The summed E-state index contributed by atoms with van der Waals surface area (Å²) in [7, 11) is 0. The molecule has 0 saturated carbocycles. The number of benzene rings is 10. The molecule has 0 bridgehead atoms. The van der Waals surface area contributed by atoms with Crippen LogP contribution in [0.25, 0.3) is 85.4 Å². The van der Waals surface area contributed by atoms with Crippen LogP contribution in [-0.2, 0) is 5.41 Å². The summed E-state index contributed by atoms with van der Waals surface area (Å²) in [5.74, 6) is 0.428. The van der Waals surface area contributed by atoms with E-state index in [1.807, 2.05) is 170 Å². The van der Waals surface area contributed by atoms with E-state index in [1.165, 1.54) is 46.1 Å². The van der Waals surface area contributed by atoms with Gasteiger partial charge in [0.15, 0.2) is 23.1 Å². The second kappa shape index (κ2) is 22.1. The zero-order valence-electron chi connectivity index (χ0n) is 52.5. The van der Waals surface area contributed by atoms with Crippen LogP contribution in [0.3, 0.4) is 0 Å². The third-order valence-corrected chi connectivity index (χ3v) is 22.2. The Kier molecular flexibility index (Phi) is 12.8. The number of carbonyl (C=O) groups is 4. The summed E-state index contributed by atoms with van der Waals surface area (Å²) >= 11 is 5.39. The molecule has 16 aromatic rings. The van der Waals surface area contributed by atoms with Crippen molar-refractivity contribution in [2.45, 2.75) is 19.3 Å². The Morgan fingerprint density at radius 2 is 0.545 bits per heavy atom. The number of ketones is 4. The molecule has 20 rings (SSSR count). The smallest absolute Gasteiger partial charge is 0.328 e. The van der Waals surface area contributed by atoms with Crippen molar-refractivity contribution in [3.8, 4) is 68.5 Å². The fourth-order valence-corrected chi connectivity index (χ4v) is 17.4. The molecule has 0 aliphatic heterocycles. The number of hydrogen-bond donors (Lipinski definition) is 4. The molecule has 0 unspecified atom stereocenters. The maximum Gasteiger partial charge on any atom is 0.328 e. The molecule has 0 saturated heterocycles. The second-order valence-corrected chi connectivity index (χ2v) is 28.2. The summed E-state index contributed by atoms with van der Waals surface area (Å²) in [5, 5.41) is 16.6. The fraction of sp³-hybridized carbons (Fsp3) is 0.0390. The molecular formula is C77H42N14O6S4.